The van der Waals surface area contributed by atoms with Gasteiger partial charge in [0, 0.05) is 9.52 Å². The number of rotatable bonds is 0. The van der Waals surface area contributed by atoms with E-state index in [0.717, 1.165) is 0 Å². The Hall–Kier alpha value is -0.660. The summed E-state index contributed by atoms with van der Waals surface area (Å²) in [6.45, 7) is 0. The molecule has 0 amide bonds. The average molecular weight is 463 g/mol. The number of benzene rings is 2. The minimum atomic E-state index is 0. The van der Waals surface area contributed by atoms with Gasteiger partial charge in [-0.2, -0.15) is 18.2 Å². The molecule has 0 bridgehead atoms. The SMILES string of the molecule is C1C[Si]C1.[Cl-].[Cl-].[Zr+4].c1cc[cH-]c1.c1ccc2c(c1)[cH-]c1ccccc12. The van der Waals surface area contributed by atoms with Gasteiger partial charge in [0.05, 0.1) is 0 Å². The van der Waals surface area contributed by atoms with Gasteiger partial charge in [0.15, 0.2) is 0 Å². The van der Waals surface area contributed by atoms with Crippen molar-refractivity contribution in [2.45, 2.75) is 18.5 Å². The molecule has 0 atom stereocenters. The third-order valence-electron chi connectivity index (χ3n) is 3.79. The van der Waals surface area contributed by atoms with Crippen molar-refractivity contribution in [1.82, 2.24) is 0 Å². The molecule has 4 aromatic rings. The maximum Gasteiger partial charge on any atom is 4.00 e. The first-order chi connectivity index (χ1) is 10.9. The number of halogens is 2. The van der Waals surface area contributed by atoms with Gasteiger partial charge in [-0.1, -0.05) is 54.9 Å². The molecule has 0 N–H and O–H groups in total. The molecule has 2 radical (unpaired) electrons. The zero-order valence-corrected chi connectivity index (χ0v) is 18.9. The van der Waals surface area contributed by atoms with Crippen molar-refractivity contribution in [2.75, 3.05) is 0 Å². The summed E-state index contributed by atoms with van der Waals surface area (Å²) < 4.78 is 0. The molecule has 0 aromatic heterocycles. The van der Waals surface area contributed by atoms with Crippen LogP contribution in [0.2, 0.25) is 12.1 Å². The summed E-state index contributed by atoms with van der Waals surface area (Å²) >= 11 is 0. The van der Waals surface area contributed by atoms with Crippen LogP contribution in [0.25, 0.3) is 21.5 Å². The van der Waals surface area contributed by atoms with Gasteiger partial charge < -0.3 is 24.8 Å². The second kappa shape index (κ2) is 13.5. The summed E-state index contributed by atoms with van der Waals surface area (Å²) in [4.78, 5) is 0. The average Bonchev–Trinajstić information content (AvgIpc) is 3.17. The van der Waals surface area contributed by atoms with Crippen molar-refractivity contribution in [1.29, 1.82) is 0 Å². The molecule has 0 saturated carbocycles. The van der Waals surface area contributed by atoms with E-state index in [2.05, 4.69) is 54.6 Å². The summed E-state index contributed by atoms with van der Waals surface area (Å²) in [6.07, 6.45) is 1.51. The first-order valence-corrected chi connectivity index (χ1v) is 9.27. The fraction of sp³-hybridized carbons (Fsp3) is 0.143. The minimum absolute atomic E-state index is 0. The van der Waals surface area contributed by atoms with Gasteiger partial charge in [-0.15, -0.1) is 39.7 Å². The van der Waals surface area contributed by atoms with Gasteiger partial charge in [0.25, 0.3) is 0 Å². The molecule has 1 heterocycles. The Labute approximate surface area is 184 Å². The molecule has 0 spiro atoms. The third-order valence-corrected chi connectivity index (χ3v) is 5.20. The van der Waals surface area contributed by atoms with Crippen LogP contribution in [-0.2, 0) is 26.2 Å². The summed E-state index contributed by atoms with van der Waals surface area (Å²) in [5.41, 5.74) is 0. The van der Waals surface area contributed by atoms with E-state index in [1.54, 1.807) is 0 Å². The second-order valence-corrected chi connectivity index (χ2v) is 6.88. The Morgan fingerprint density at radius 1 is 0.680 bits per heavy atom. The molecule has 4 aromatic carbocycles. The normalized spacial score (nSPS) is 11.2. The summed E-state index contributed by atoms with van der Waals surface area (Å²) in [6, 6.07) is 32.3. The van der Waals surface area contributed by atoms with Crippen LogP contribution >= 0.6 is 0 Å². The van der Waals surface area contributed by atoms with Crippen molar-refractivity contribution >= 4 is 31.1 Å². The number of hydrogen-bond acceptors (Lipinski definition) is 0. The standard InChI is InChI=1S/C13H9.C5H5.C3H6Si.2ClH.Zr/c1-3-7-12-10(5-1)9-11-6-2-4-8-13(11)12;1-2-4-5-3-1;1-2-4-3-1;;;/h1-9H;1-5H;1-3H2;2*1H;/q2*-1;;;;+4/p-2. The molecule has 1 saturated heterocycles. The monoisotopic (exact) mass is 460 g/mol. The van der Waals surface area contributed by atoms with Crippen molar-refractivity contribution in [3.8, 4) is 0 Å². The predicted octanol–water partition coefficient (Wildman–Crippen LogP) is 0.0538. The van der Waals surface area contributed by atoms with Gasteiger partial charge in [-0.25, -0.2) is 12.1 Å². The van der Waals surface area contributed by atoms with Crippen LogP contribution in [-0.4, -0.2) is 9.52 Å². The van der Waals surface area contributed by atoms with Gasteiger partial charge in [-0.05, 0) is 0 Å². The molecule has 126 valence electrons. The topological polar surface area (TPSA) is 0 Å². The van der Waals surface area contributed by atoms with E-state index < -0.39 is 0 Å². The quantitative estimate of drug-likeness (QED) is 0.256. The van der Waals surface area contributed by atoms with Crippen LogP contribution in [0.5, 0.6) is 0 Å². The Morgan fingerprint density at radius 3 is 1.40 bits per heavy atom. The fourth-order valence-corrected chi connectivity index (χ4v) is 2.75. The van der Waals surface area contributed by atoms with E-state index in [4.69, 9.17) is 0 Å². The molecule has 1 fully saturated rings. The summed E-state index contributed by atoms with van der Waals surface area (Å²) in [5.74, 6) is 0. The maximum atomic E-state index is 2.24. The van der Waals surface area contributed by atoms with Crippen LogP contribution < -0.4 is 24.8 Å². The molecule has 25 heavy (non-hydrogen) atoms. The Morgan fingerprint density at radius 2 is 1.08 bits per heavy atom. The molecule has 4 heteroatoms. The minimum Gasteiger partial charge on any atom is -1.00 e. The van der Waals surface area contributed by atoms with E-state index in [1.165, 1.54) is 49.6 Å². The first-order valence-electron chi connectivity index (χ1n) is 7.86. The smallest absolute Gasteiger partial charge is 1.00 e. The van der Waals surface area contributed by atoms with Crippen LogP contribution in [0.1, 0.15) is 6.42 Å². The van der Waals surface area contributed by atoms with Crippen LogP contribution in [0.4, 0.5) is 0 Å². The molecule has 0 unspecified atom stereocenters. The molecule has 0 aliphatic carbocycles. The summed E-state index contributed by atoms with van der Waals surface area (Å²) in [7, 11) is 1.32. The fourth-order valence-electron chi connectivity index (χ4n) is 2.40. The maximum absolute atomic E-state index is 2.24. The van der Waals surface area contributed by atoms with Crippen molar-refractivity contribution in [3.63, 3.8) is 0 Å². The Balaban J connectivity index is 0.000000406. The number of fused-ring (bicyclic) bond motifs is 3. The van der Waals surface area contributed by atoms with Gasteiger partial charge in [0.1, 0.15) is 0 Å². The second-order valence-electron chi connectivity index (χ2n) is 5.38. The van der Waals surface area contributed by atoms with Crippen LogP contribution in [0.3, 0.4) is 0 Å². The molecule has 1 aliphatic rings. The first kappa shape index (κ1) is 24.3. The van der Waals surface area contributed by atoms with Gasteiger partial charge in [0.2, 0.25) is 0 Å². The Kier molecular flexibility index (Phi) is 13.2. The molecule has 5 rings (SSSR count). The largest absolute Gasteiger partial charge is 4.00 e. The molecular weight excluding hydrogens is 442 g/mol. The predicted molar refractivity (Wildman–Crippen MR) is 99.1 cm³/mol. The van der Waals surface area contributed by atoms with Gasteiger partial charge >= 0.3 is 26.2 Å². The van der Waals surface area contributed by atoms with E-state index in [9.17, 15) is 0 Å². The van der Waals surface area contributed by atoms with Crippen LogP contribution in [0, 0.1) is 0 Å². The van der Waals surface area contributed by atoms with E-state index in [-0.39, 0.29) is 51.0 Å². The van der Waals surface area contributed by atoms with Crippen molar-refractivity contribution in [3.05, 3.63) is 84.9 Å². The van der Waals surface area contributed by atoms with Crippen molar-refractivity contribution in [2.24, 2.45) is 0 Å². The zero-order chi connectivity index (χ0) is 15.0. The third kappa shape index (κ3) is 7.23. The van der Waals surface area contributed by atoms with Crippen LogP contribution in [0.15, 0.2) is 84.9 Å². The van der Waals surface area contributed by atoms with E-state index >= 15 is 0 Å². The van der Waals surface area contributed by atoms with Gasteiger partial charge in [-0.3, -0.25) is 0 Å². The zero-order valence-electron chi connectivity index (χ0n) is 14.0. The van der Waals surface area contributed by atoms with E-state index in [1.807, 2.05) is 30.3 Å². The summed E-state index contributed by atoms with van der Waals surface area (Å²) in [5, 5.41) is 5.39. The molecular formula is C21H20Cl2SiZr. The number of hydrogen-bond donors (Lipinski definition) is 0. The molecule has 1 aliphatic heterocycles. The van der Waals surface area contributed by atoms with Crippen molar-refractivity contribution < 1.29 is 51.0 Å². The Bertz CT molecular complexity index is 733. The van der Waals surface area contributed by atoms with E-state index in [0.29, 0.717) is 0 Å². The molecule has 0 nitrogen and oxygen atoms in total.